The molecule has 0 radical (unpaired) electrons. The zero-order valence-corrected chi connectivity index (χ0v) is 12.6. The van der Waals surface area contributed by atoms with Gasteiger partial charge in [0.1, 0.15) is 0 Å². The Balaban J connectivity index is 2.65. The molecule has 0 saturated heterocycles. The van der Waals surface area contributed by atoms with E-state index in [-0.39, 0.29) is 5.69 Å². The first-order chi connectivity index (χ1) is 9.31. The molecule has 0 aliphatic heterocycles. The van der Waals surface area contributed by atoms with Crippen molar-refractivity contribution < 1.29 is 9.90 Å². The smallest absolute Gasteiger partial charge is 0.356 e. The van der Waals surface area contributed by atoms with Gasteiger partial charge in [-0.3, -0.25) is 4.68 Å². The molecule has 2 aromatic rings. The number of rotatable bonds is 3. The summed E-state index contributed by atoms with van der Waals surface area (Å²) >= 11 is 0. The topological polar surface area (TPSA) is 55.1 Å². The molecule has 0 fully saturated rings. The van der Waals surface area contributed by atoms with Crippen molar-refractivity contribution in [2.75, 3.05) is 0 Å². The second kappa shape index (κ2) is 5.12. The van der Waals surface area contributed by atoms with Gasteiger partial charge in [0.15, 0.2) is 5.69 Å². The molecular formula is C16H20N2O2. The van der Waals surface area contributed by atoms with E-state index in [4.69, 9.17) is 5.11 Å². The lowest BCUT2D eigenvalue weighted by Gasteiger charge is -2.14. The summed E-state index contributed by atoms with van der Waals surface area (Å²) in [6.07, 6.45) is 0. The summed E-state index contributed by atoms with van der Waals surface area (Å²) < 4.78 is 1.63. The van der Waals surface area contributed by atoms with E-state index in [2.05, 4.69) is 44.9 Å². The van der Waals surface area contributed by atoms with E-state index in [0.717, 1.165) is 16.8 Å². The zero-order chi connectivity index (χ0) is 15.0. The molecule has 0 bridgehead atoms. The van der Waals surface area contributed by atoms with Crippen LogP contribution in [-0.2, 0) is 7.05 Å². The maximum absolute atomic E-state index is 11.0. The van der Waals surface area contributed by atoms with Gasteiger partial charge in [-0.25, -0.2) is 4.79 Å². The largest absolute Gasteiger partial charge is 0.476 e. The standard InChI is InChI=1S/C16H20N2O2/c1-9(2)12-6-10(3)11(4)13(7-12)15-8-14(16(19)20)17-18(15)5/h6-9H,1-5H3,(H,19,20). The molecule has 0 spiro atoms. The molecule has 2 rings (SSSR count). The quantitative estimate of drug-likeness (QED) is 0.930. The van der Waals surface area contributed by atoms with Crippen molar-refractivity contribution in [1.82, 2.24) is 9.78 Å². The second-order valence-electron chi connectivity index (χ2n) is 5.51. The molecule has 0 amide bonds. The maximum Gasteiger partial charge on any atom is 0.356 e. The van der Waals surface area contributed by atoms with Gasteiger partial charge in [-0.15, -0.1) is 0 Å². The van der Waals surface area contributed by atoms with Crippen LogP contribution in [0.25, 0.3) is 11.3 Å². The highest BCUT2D eigenvalue weighted by molar-refractivity contribution is 5.87. The Bertz CT molecular complexity index is 669. The van der Waals surface area contributed by atoms with E-state index in [1.165, 1.54) is 11.1 Å². The van der Waals surface area contributed by atoms with E-state index >= 15 is 0 Å². The molecule has 4 nitrogen and oxygen atoms in total. The summed E-state index contributed by atoms with van der Waals surface area (Å²) in [5, 5.41) is 13.1. The highest BCUT2D eigenvalue weighted by Gasteiger charge is 2.16. The van der Waals surface area contributed by atoms with Crippen molar-refractivity contribution in [3.8, 4) is 11.3 Å². The minimum absolute atomic E-state index is 0.0782. The number of aromatic carboxylic acids is 1. The molecule has 1 aromatic carbocycles. The molecule has 20 heavy (non-hydrogen) atoms. The number of nitrogens with zero attached hydrogens (tertiary/aromatic N) is 2. The lowest BCUT2D eigenvalue weighted by Crippen LogP contribution is -2.00. The van der Waals surface area contributed by atoms with E-state index < -0.39 is 5.97 Å². The average Bonchev–Trinajstić information content (AvgIpc) is 2.74. The molecule has 0 aliphatic carbocycles. The van der Waals surface area contributed by atoms with Crippen molar-refractivity contribution >= 4 is 5.97 Å². The van der Waals surface area contributed by atoms with Crippen LogP contribution in [0.15, 0.2) is 18.2 Å². The minimum atomic E-state index is -0.999. The van der Waals surface area contributed by atoms with E-state index in [1.54, 1.807) is 17.8 Å². The van der Waals surface area contributed by atoms with Crippen LogP contribution in [0, 0.1) is 13.8 Å². The molecule has 0 atom stereocenters. The van der Waals surface area contributed by atoms with Crippen LogP contribution in [0.1, 0.15) is 46.9 Å². The third kappa shape index (κ3) is 2.46. The number of carbonyl (C=O) groups is 1. The monoisotopic (exact) mass is 272 g/mol. The molecule has 1 N–H and O–H groups in total. The van der Waals surface area contributed by atoms with E-state index in [9.17, 15) is 4.79 Å². The number of aryl methyl sites for hydroxylation is 2. The van der Waals surface area contributed by atoms with Crippen LogP contribution in [0.2, 0.25) is 0 Å². The molecule has 106 valence electrons. The van der Waals surface area contributed by atoms with Gasteiger partial charge in [0.25, 0.3) is 0 Å². The third-order valence-electron chi connectivity index (χ3n) is 3.73. The number of carboxylic acids is 1. The summed E-state index contributed by atoms with van der Waals surface area (Å²) in [4.78, 5) is 11.0. The van der Waals surface area contributed by atoms with Gasteiger partial charge >= 0.3 is 5.97 Å². The average molecular weight is 272 g/mol. The third-order valence-corrected chi connectivity index (χ3v) is 3.73. The van der Waals surface area contributed by atoms with Gasteiger partial charge in [0.2, 0.25) is 0 Å². The van der Waals surface area contributed by atoms with Gasteiger partial charge in [0.05, 0.1) is 5.69 Å². The first-order valence-electron chi connectivity index (χ1n) is 6.70. The second-order valence-corrected chi connectivity index (χ2v) is 5.51. The predicted molar refractivity (Wildman–Crippen MR) is 79.2 cm³/mol. The molecule has 0 saturated carbocycles. The predicted octanol–water partition coefficient (Wildman–Crippen LogP) is 3.53. The fourth-order valence-electron chi connectivity index (χ4n) is 2.31. The van der Waals surface area contributed by atoms with E-state index in [0.29, 0.717) is 5.92 Å². The molecule has 0 aliphatic rings. The van der Waals surface area contributed by atoms with Crippen LogP contribution >= 0.6 is 0 Å². The first kappa shape index (κ1) is 14.3. The molecule has 0 unspecified atom stereocenters. The zero-order valence-electron chi connectivity index (χ0n) is 12.6. The van der Waals surface area contributed by atoms with Gasteiger partial charge < -0.3 is 5.11 Å². The Morgan fingerprint density at radius 1 is 1.25 bits per heavy atom. The van der Waals surface area contributed by atoms with Crippen LogP contribution < -0.4 is 0 Å². The molecule has 1 aromatic heterocycles. The number of hydrogen-bond acceptors (Lipinski definition) is 2. The van der Waals surface area contributed by atoms with Crippen molar-refractivity contribution in [2.45, 2.75) is 33.6 Å². The fourth-order valence-corrected chi connectivity index (χ4v) is 2.31. The fraction of sp³-hybridized carbons (Fsp3) is 0.375. The normalized spacial score (nSPS) is 11.1. The molecule has 1 heterocycles. The highest BCUT2D eigenvalue weighted by atomic mass is 16.4. The summed E-state index contributed by atoms with van der Waals surface area (Å²) in [7, 11) is 1.78. The van der Waals surface area contributed by atoms with Crippen molar-refractivity contribution in [2.24, 2.45) is 7.05 Å². The summed E-state index contributed by atoms with van der Waals surface area (Å²) in [5.74, 6) is -0.568. The minimum Gasteiger partial charge on any atom is -0.476 e. The molecular weight excluding hydrogens is 252 g/mol. The first-order valence-corrected chi connectivity index (χ1v) is 6.70. The Kier molecular flexibility index (Phi) is 3.66. The number of benzene rings is 1. The van der Waals surface area contributed by atoms with Crippen molar-refractivity contribution in [3.05, 3.63) is 40.6 Å². The summed E-state index contributed by atoms with van der Waals surface area (Å²) in [6.45, 7) is 8.45. The number of hydrogen-bond donors (Lipinski definition) is 1. The lowest BCUT2D eigenvalue weighted by molar-refractivity contribution is 0.0689. The van der Waals surface area contributed by atoms with Crippen LogP contribution in [0.5, 0.6) is 0 Å². The van der Waals surface area contributed by atoms with Gasteiger partial charge in [-0.05, 0) is 48.6 Å². The van der Waals surface area contributed by atoms with Crippen molar-refractivity contribution in [1.29, 1.82) is 0 Å². The van der Waals surface area contributed by atoms with Gasteiger partial charge in [-0.1, -0.05) is 19.9 Å². The summed E-state index contributed by atoms with van der Waals surface area (Å²) in [6, 6.07) is 5.96. The van der Waals surface area contributed by atoms with Gasteiger partial charge in [0, 0.05) is 12.6 Å². The Morgan fingerprint density at radius 3 is 2.40 bits per heavy atom. The Hall–Kier alpha value is -2.10. The Labute approximate surface area is 119 Å². The SMILES string of the molecule is Cc1cc(C(C)C)cc(-c2cc(C(=O)O)nn2C)c1C. The van der Waals surface area contributed by atoms with E-state index in [1.807, 2.05) is 0 Å². The van der Waals surface area contributed by atoms with Gasteiger partial charge in [-0.2, -0.15) is 5.10 Å². The highest BCUT2D eigenvalue weighted by Crippen LogP contribution is 2.30. The summed E-state index contributed by atoms with van der Waals surface area (Å²) in [5.41, 5.74) is 5.59. The Morgan fingerprint density at radius 2 is 1.90 bits per heavy atom. The van der Waals surface area contributed by atoms with Crippen molar-refractivity contribution in [3.63, 3.8) is 0 Å². The number of carboxylic acid groups (broad SMARTS) is 1. The van der Waals surface area contributed by atoms with Crippen LogP contribution in [0.3, 0.4) is 0 Å². The van der Waals surface area contributed by atoms with Crippen LogP contribution in [0.4, 0.5) is 0 Å². The number of aromatic nitrogens is 2. The maximum atomic E-state index is 11.0. The molecule has 4 heteroatoms. The lowest BCUT2D eigenvalue weighted by atomic mass is 9.92. The van der Waals surface area contributed by atoms with Crippen LogP contribution in [-0.4, -0.2) is 20.9 Å².